The van der Waals surface area contributed by atoms with Crippen molar-refractivity contribution in [1.82, 2.24) is 4.72 Å². The minimum absolute atomic E-state index is 0.169. The smallest absolute Gasteiger partial charge is 0.321 e. The van der Waals surface area contributed by atoms with Gasteiger partial charge >= 0.3 is 5.97 Å². The Hall–Kier alpha value is -3.38. The summed E-state index contributed by atoms with van der Waals surface area (Å²) in [6.45, 7) is -0.359. The van der Waals surface area contributed by atoms with Crippen LogP contribution in [0.1, 0.15) is 6.92 Å². The maximum atomic E-state index is 13.5. The number of ether oxygens (including phenoxy) is 1. The molecule has 0 aliphatic heterocycles. The van der Waals surface area contributed by atoms with Crippen molar-refractivity contribution in [2.75, 3.05) is 23.8 Å². The Balaban J connectivity index is 1.84. The molecule has 2 amide bonds. The summed E-state index contributed by atoms with van der Waals surface area (Å²) in [5.41, 5.74) is -0.305. The molecule has 9 nitrogen and oxygen atoms in total. The van der Waals surface area contributed by atoms with Crippen molar-refractivity contribution in [1.29, 1.82) is 0 Å². The van der Waals surface area contributed by atoms with E-state index in [2.05, 4.69) is 10.1 Å². The first kappa shape index (κ1) is 22.9. The summed E-state index contributed by atoms with van der Waals surface area (Å²) < 4.78 is 57.8. The van der Waals surface area contributed by atoms with Crippen LogP contribution in [0.5, 0.6) is 0 Å². The van der Waals surface area contributed by atoms with E-state index in [9.17, 15) is 31.6 Å². The maximum Gasteiger partial charge on any atom is 0.321 e. The molecule has 3 N–H and O–H groups in total. The van der Waals surface area contributed by atoms with Crippen LogP contribution in [0.2, 0.25) is 0 Å². The molecule has 0 heterocycles. The quantitative estimate of drug-likeness (QED) is 0.531. The maximum absolute atomic E-state index is 13.5. The van der Waals surface area contributed by atoms with Gasteiger partial charge in [-0.15, -0.1) is 0 Å². The SMILES string of the molecule is CC(=O)Nc1ccc(S(=O)(=O)NCC(=O)OCC(=O)Nc2c(F)cccc2F)cc1. The number of halogens is 2. The molecule has 0 aromatic heterocycles. The van der Waals surface area contributed by atoms with Gasteiger partial charge in [0.15, 0.2) is 6.61 Å². The molecular formula is C18H17F2N3O6S. The van der Waals surface area contributed by atoms with E-state index in [1.165, 1.54) is 31.2 Å². The van der Waals surface area contributed by atoms with Gasteiger partial charge in [-0.3, -0.25) is 14.4 Å². The summed E-state index contributed by atoms with van der Waals surface area (Å²) in [5, 5.41) is 4.39. The van der Waals surface area contributed by atoms with E-state index in [0.29, 0.717) is 5.69 Å². The first-order valence-electron chi connectivity index (χ1n) is 8.35. The standard InChI is InChI=1S/C18H17F2N3O6S/c1-11(24)22-12-5-7-13(8-6-12)30(27,28)21-9-17(26)29-10-16(25)23-18-14(19)3-2-4-15(18)20/h2-8,21H,9-10H2,1H3,(H,22,24)(H,23,25). The van der Waals surface area contributed by atoms with Gasteiger partial charge in [-0.25, -0.2) is 17.2 Å². The van der Waals surface area contributed by atoms with Crippen molar-refractivity contribution < 1.29 is 36.3 Å². The molecule has 30 heavy (non-hydrogen) atoms. The van der Waals surface area contributed by atoms with E-state index >= 15 is 0 Å². The van der Waals surface area contributed by atoms with Crippen LogP contribution >= 0.6 is 0 Å². The van der Waals surface area contributed by atoms with Gasteiger partial charge < -0.3 is 15.4 Å². The van der Waals surface area contributed by atoms with Crippen LogP contribution in [0.3, 0.4) is 0 Å². The topological polar surface area (TPSA) is 131 Å². The first-order valence-corrected chi connectivity index (χ1v) is 9.83. The Morgan fingerprint density at radius 2 is 1.57 bits per heavy atom. The number of para-hydroxylation sites is 1. The summed E-state index contributed by atoms with van der Waals surface area (Å²) in [4.78, 5) is 34.1. The number of carbonyl (C=O) groups excluding carboxylic acids is 3. The van der Waals surface area contributed by atoms with Crippen molar-refractivity contribution >= 4 is 39.2 Å². The van der Waals surface area contributed by atoms with Crippen LogP contribution in [-0.2, 0) is 29.1 Å². The molecule has 2 aromatic rings. The van der Waals surface area contributed by atoms with Gasteiger partial charge in [-0.05, 0) is 36.4 Å². The third-order valence-electron chi connectivity index (χ3n) is 3.48. The van der Waals surface area contributed by atoms with Crippen molar-refractivity contribution in [2.24, 2.45) is 0 Å². The number of rotatable bonds is 8. The Kier molecular flexibility index (Phi) is 7.55. The number of nitrogens with one attached hydrogen (secondary N) is 3. The summed E-state index contributed by atoms with van der Waals surface area (Å²) in [5.74, 6) is -4.44. The molecule has 0 aliphatic carbocycles. The van der Waals surface area contributed by atoms with Gasteiger partial charge in [0, 0.05) is 12.6 Å². The van der Waals surface area contributed by atoms with Crippen LogP contribution in [-0.4, -0.2) is 39.4 Å². The lowest BCUT2D eigenvalue weighted by atomic mass is 10.3. The van der Waals surface area contributed by atoms with Gasteiger partial charge in [-0.1, -0.05) is 6.07 Å². The molecule has 2 aromatic carbocycles. The van der Waals surface area contributed by atoms with Crippen molar-refractivity contribution in [3.8, 4) is 0 Å². The predicted octanol–water partition coefficient (Wildman–Crippen LogP) is 1.38. The lowest BCUT2D eigenvalue weighted by molar-refractivity contribution is -0.146. The van der Waals surface area contributed by atoms with Crippen molar-refractivity contribution in [3.05, 3.63) is 54.1 Å². The fraction of sp³-hybridized carbons (Fsp3) is 0.167. The third kappa shape index (κ3) is 6.60. The normalized spacial score (nSPS) is 10.9. The highest BCUT2D eigenvalue weighted by molar-refractivity contribution is 7.89. The molecule has 0 bridgehead atoms. The fourth-order valence-corrected chi connectivity index (χ4v) is 3.12. The zero-order valence-corrected chi connectivity index (χ0v) is 16.4. The Bertz CT molecular complexity index is 1040. The van der Waals surface area contributed by atoms with E-state index in [0.717, 1.165) is 18.2 Å². The van der Waals surface area contributed by atoms with E-state index < -0.39 is 52.4 Å². The van der Waals surface area contributed by atoms with E-state index in [1.807, 2.05) is 10.0 Å². The number of carbonyl (C=O) groups is 3. The Morgan fingerprint density at radius 3 is 2.13 bits per heavy atom. The number of esters is 1. The third-order valence-corrected chi connectivity index (χ3v) is 4.90. The monoisotopic (exact) mass is 441 g/mol. The van der Waals surface area contributed by atoms with Crippen LogP contribution in [0, 0.1) is 11.6 Å². The van der Waals surface area contributed by atoms with Gasteiger partial charge in [0.1, 0.15) is 23.9 Å². The molecule has 0 atom stereocenters. The van der Waals surface area contributed by atoms with Gasteiger partial charge in [0.2, 0.25) is 15.9 Å². The minimum Gasteiger partial charge on any atom is -0.455 e. The summed E-state index contributed by atoms with van der Waals surface area (Å²) in [7, 11) is -4.06. The Labute approximate surface area is 170 Å². The van der Waals surface area contributed by atoms with E-state index in [4.69, 9.17) is 0 Å². The number of hydrogen-bond donors (Lipinski definition) is 3. The average Bonchev–Trinajstić information content (AvgIpc) is 2.68. The molecule has 2 rings (SSSR count). The summed E-state index contributed by atoms with van der Waals surface area (Å²) >= 11 is 0. The fourth-order valence-electron chi connectivity index (χ4n) is 2.15. The number of hydrogen-bond acceptors (Lipinski definition) is 6. The van der Waals surface area contributed by atoms with Gasteiger partial charge in [0.25, 0.3) is 5.91 Å². The van der Waals surface area contributed by atoms with Crippen LogP contribution in [0.4, 0.5) is 20.2 Å². The molecule has 0 spiro atoms. The molecule has 0 saturated heterocycles. The van der Waals surface area contributed by atoms with E-state index in [-0.39, 0.29) is 10.8 Å². The zero-order valence-electron chi connectivity index (χ0n) is 15.6. The second-order valence-corrected chi connectivity index (χ2v) is 7.60. The number of amides is 2. The first-order chi connectivity index (χ1) is 14.1. The molecule has 0 unspecified atom stereocenters. The van der Waals surface area contributed by atoms with Crippen LogP contribution in [0.25, 0.3) is 0 Å². The van der Waals surface area contributed by atoms with Crippen molar-refractivity contribution in [2.45, 2.75) is 11.8 Å². The lowest BCUT2D eigenvalue weighted by Gasteiger charge is -2.09. The largest absolute Gasteiger partial charge is 0.455 e. The summed E-state index contributed by atoms with van der Waals surface area (Å²) in [6, 6.07) is 8.13. The number of sulfonamides is 1. The van der Waals surface area contributed by atoms with Gasteiger partial charge in [-0.2, -0.15) is 4.72 Å². The Morgan fingerprint density at radius 1 is 0.967 bits per heavy atom. The zero-order chi connectivity index (χ0) is 22.3. The lowest BCUT2D eigenvalue weighted by Crippen LogP contribution is -2.32. The molecule has 0 radical (unpaired) electrons. The highest BCUT2D eigenvalue weighted by Crippen LogP contribution is 2.17. The molecule has 0 saturated carbocycles. The molecular weight excluding hydrogens is 424 g/mol. The van der Waals surface area contributed by atoms with Gasteiger partial charge in [0.05, 0.1) is 4.90 Å². The molecule has 0 fully saturated rings. The van der Waals surface area contributed by atoms with Crippen LogP contribution < -0.4 is 15.4 Å². The van der Waals surface area contributed by atoms with Crippen molar-refractivity contribution in [3.63, 3.8) is 0 Å². The average molecular weight is 441 g/mol. The molecule has 0 aliphatic rings. The van der Waals surface area contributed by atoms with Crippen LogP contribution in [0.15, 0.2) is 47.4 Å². The number of anilines is 2. The predicted molar refractivity (Wildman–Crippen MR) is 102 cm³/mol. The van der Waals surface area contributed by atoms with E-state index in [1.54, 1.807) is 0 Å². The summed E-state index contributed by atoms with van der Waals surface area (Å²) in [6.07, 6.45) is 0. The number of benzene rings is 2. The highest BCUT2D eigenvalue weighted by atomic mass is 32.2. The minimum atomic E-state index is -4.06. The second-order valence-electron chi connectivity index (χ2n) is 5.84. The molecule has 12 heteroatoms. The second kappa shape index (κ2) is 9.89. The highest BCUT2D eigenvalue weighted by Gasteiger charge is 2.18. The molecule has 160 valence electrons.